The summed E-state index contributed by atoms with van der Waals surface area (Å²) in [5.41, 5.74) is 0.320. The molecule has 8 atom stereocenters. The van der Waals surface area contributed by atoms with Crippen molar-refractivity contribution in [1.29, 1.82) is 0 Å². The molecule has 4 heteroatoms. The Morgan fingerprint density at radius 3 is 2.50 bits per heavy atom. The molecule has 4 saturated carbocycles. The molecule has 0 N–H and O–H groups in total. The van der Waals surface area contributed by atoms with E-state index in [1.807, 2.05) is 0 Å². The van der Waals surface area contributed by atoms with Crippen molar-refractivity contribution >= 4 is 5.97 Å². The smallest absolute Gasteiger partial charge is 0.305 e. The van der Waals surface area contributed by atoms with Crippen LogP contribution in [0.15, 0.2) is 0 Å². The summed E-state index contributed by atoms with van der Waals surface area (Å²) in [5.74, 6) is 3.74. The number of hydrogen-bond donors (Lipinski definition) is 0. The van der Waals surface area contributed by atoms with Crippen LogP contribution in [-0.4, -0.2) is 24.8 Å². The van der Waals surface area contributed by atoms with E-state index in [0.29, 0.717) is 17.8 Å². The van der Waals surface area contributed by atoms with Gasteiger partial charge in [-0.1, -0.05) is 26.7 Å². The first-order chi connectivity index (χ1) is 15.1. The highest BCUT2D eigenvalue weighted by Crippen LogP contribution is 2.68. The number of carbonyl (C=O) groups is 1. The average molecular weight is 449 g/mol. The lowest BCUT2D eigenvalue weighted by Gasteiger charge is -2.62. The third kappa shape index (κ3) is 4.40. The summed E-state index contributed by atoms with van der Waals surface area (Å²) in [4.78, 5) is 24.2. The van der Waals surface area contributed by atoms with Crippen LogP contribution in [0.1, 0.15) is 112 Å². The van der Waals surface area contributed by atoms with Crippen molar-refractivity contribution in [2.75, 3.05) is 7.11 Å². The van der Waals surface area contributed by atoms with Crippen LogP contribution in [0.3, 0.4) is 0 Å². The summed E-state index contributed by atoms with van der Waals surface area (Å²) < 4.78 is 4.89. The quantitative estimate of drug-likeness (QED) is 0.247. The van der Waals surface area contributed by atoms with Crippen LogP contribution in [0.25, 0.3) is 0 Å². The maximum atomic E-state index is 11.7. The third-order valence-electron chi connectivity index (χ3n) is 10.4. The highest BCUT2D eigenvalue weighted by atomic mass is 17.2. The Labute approximate surface area is 196 Å². The van der Waals surface area contributed by atoms with Gasteiger partial charge in [-0.2, -0.15) is 0 Å². The number of ether oxygens (including phenoxy) is 1. The second-order valence-electron chi connectivity index (χ2n) is 13.0. The molecule has 4 nitrogen and oxygen atoms in total. The van der Waals surface area contributed by atoms with E-state index in [1.165, 1.54) is 58.5 Å². The van der Waals surface area contributed by atoms with Gasteiger partial charge in [0.25, 0.3) is 0 Å². The second-order valence-corrected chi connectivity index (χ2v) is 13.0. The molecule has 0 aromatic carbocycles. The highest BCUT2D eigenvalue weighted by molar-refractivity contribution is 5.68. The molecule has 0 saturated heterocycles. The standard InChI is InChI=1S/C28H48O4/c1-26(2,3)32-31-24-18-23-21(15-13-19-10-7-8-17-27(19,23)4)22-16-14-20(28(22,24)5)11-9-12-25(29)30-6/h19-24H,7-18H2,1-6H3/t19?,20?,21?,22?,23?,24?,27?,28-/m1/s1. The van der Waals surface area contributed by atoms with Gasteiger partial charge >= 0.3 is 5.97 Å². The number of esters is 1. The van der Waals surface area contributed by atoms with Gasteiger partial charge in [0.15, 0.2) is 0 Å². The van der Waals surface area contributed by atoms with Crippen LogP contribution in [0, 0.1) is 40.4 Å². The summed E-state index contributed by atoms with van der Waals surface area (Å²) in [7, 11) is 1.49. The van der Waals surface area contributed by atoms with Gasteiger partial charge in [0, 0.05) is 11.8 Å². The summed E-state index contributed by atoms with van der Waals surface area (Å²) in [6, 6.07) is 0. The van der Waals surface area contributed by atoms with Gasteiger partial charge in [0.1, 0.15) is 0 Å². The van der Waals surface area contributed by atoms with E-state index in [9.17, 15) is 4.79 Å². The fraction of sp³-hybridized carbons (Fsp3) is 0.964. The molecular weight excluding hydrogens is 400 g/mol. The van der Waals surface area contributed by atoms with Crippen molar-refractivity contribution in [3.05, 3.63) is 0 Å². The van der Waals surface area contributed by atoms with E-state index in [4.69, 9.17) is 14.5 Å². The van der Waals surface area contributed by atoms with Crippen LogP contribution in [0.4, 0.5) is 0 Å². The van der Waals surface area contributed by atoms with Gasteiger partial charge in [0.2, 0.25) is 0 Å². The van der Waals surface area contributed by atoms with E-state index >= 15 is 0 Å². The maximum absolute atomic E-state index is 11.7. The van der Waals surface area contributed by atoms with Gasteiger partial charge in [-0.25, -0.2) is 9.78 Å². The van der Waals surface area contributed by atoms with Crippen LogP contribution in [0.5, 0.6) is 0 Å². The number of rotatable bonds is 6. The SMILES string of the molecule is COC(=O)CCCC1CCC2C3CCC4CCCCC4(C)C3CC(OOC(C)(C)C)[C@]12C. The molecule has 7 unspecified atom stereocenters. The molecule has 0 aromatic heterocycles. The minimum atomic E-state index is -0.300. The minimum Gasteiger partial charge on any atom is -0.469 e. The number of methoxy groups -OCH3 is 1. The first-order valence-corrected chi connectivity index (χ1v) is 13.5. The van der Waals surface area contributed by atoms with Crippen molar-refractivity contribution in [3.8, 4) is 0 Å². The summed E-state index contributed by atoms with van der Waals surface area (Å²) in [5, 5.41) is 0. The second kappa shape index (κ2) is 9.21. The summed E-state index contributed by atoms with van der Waals surface area (Å²) in [6.45, 7) is 11.4. The van der Waals surface area contributed by atoms with Crippen LogP contribution < -0.4 is 0 Å². The molecule has 0 heterocycles. The Hall–Kier alpha value is -0.610. The lowest BCUT2D eigenvalue weighted by atomic mass is 9.44. The molecule has 4 fully saturated rings. The lowest BCUT2D eigenvalue weighted by molar-refractivity contribution is -0.403. The molecule has 4 aliphatic carbocycles. The van der Waals surface area contributed by atoms with E-state index in [0.717, 1.165) is 42.9 Å². The fourth-order valence-electron chi connectivity index (χ4n) is 8.76. The number of hydrogen-bond acceptors (Lipinski definition) is 4. The third-order valence-corrected chi connectivity index (χ3v) is 10.4. The Balaban J connectivity index is 1.58. The Morgan fingerprint density at radius 2 is 1.78 bits per heavy atom. The van der Waals surface area contributed by atoms with Crippen LogP contribution in [0.2, 0.25) is 0 Å². The molecule has 0 aromatic rings. The van der Waals surface area contributed by atoms with E-state index in [1.54, 1.807) is 0 Å². The van der Waals surface area contributed by atoms with Crippen molar-refractivity contribution in [2.24, 2.45) is 40.4 Å². The Bertz CT molecular complexity index is 669. The fourth-order valence-corrected chi connectivity index (χ4v) is 8.76. The van der Waals surface area contributed by atoms with Gasteiger partial charge in [0.05, 0.1) is 18.8 Å². The Kier molecular flexibility index (Phi) is 7.05. The monoisotopic (exact) mass is 448 g/mol. The number of carbonyl (C=O) groups excluding carboxylic acids is 1. The van der Waals surface area contributed by atoms with Crippen molar-refractivity contribution in [2.45, 2.75) is 123 Å². The first kappa shape index (κ1) is 24.5. The maximum Gasteiger partial charge on any atom is 0.305 e. The number of fused-ring (bicyclic) bond motifs is 5. The van der Waals surface area contributed by atoms with Crippen molar-refractivity contribution in [1.82, 2.24) is 0 Å². The van der Waals surface area contributed by atoms with Gasteiger partial charge in [-0.05, 0) is 114 Å². The highest BCUT2D eigenvalue weighted by Gasteiger charge is 2.63. The van der Waals surface area contributed by atoms with Crippen LogP contribution in [-0.2, 0) is 19.3 Å². The zero-order valence-corrected chi connectivity index (χ0v) is 21.6. The summed E-state index contributed by atoms with van der Waals surface area (Å²) in [6.07, 6.45) is 14.9. The minimum absolute atomic E-state index is 0.0826. The zero-order valence-electron chi connectivity index (χ0n) is 21.6. The molecule has 4 aliphatic rings. The lowest BCUT2D eigenvalue weighted by Crippen LogP contribution is -2.58. The summed E-state index contributed by atoms with van der Waals surface area (Å²) >= 11 is 0. The van der Waals surface area contributed by atoms with Crippen molar-refractivity contribution < 1.29 is 19.3 Å². The van der Waals surface area contributed by atoms with Gasteiger partial charge in [-0.3, -0.25) is 4.79 Å². The molecule has 32 heavy (non-hydrogen) atoms. The molecule has 0 radical (unpaired) electrons. The van der Waals surface area contributed by atoms with Gasteiger partial charge in [-0.15, -0.1) is 0 Å². The predicted molar refractivity (Wildman–Crippen MR) is 127 cm³/mol. The molecule has 184 valence electrons. The Morgan fingerprint density at radius 1 is 1.00 bits per heavy atom. The van der Waals surface area contributed by atoms with E-state index in [2.05, 4.69) is 34.6 Å². The topological polar surface area (TPSA) is 44.8 Å². The van der Waals surface area contributed by atoms with Gasteiger partial charge < -0.3 is 4.74 Å². The molecule has 0 spiro atoms. The normalized spacial score (nSPS) is 43.8. The predicted octanol–water partition coefficient (Wildman–Crippen LogP) is 7.10. The largest absolute Gasteiger partial charge is 0.469 e. The molecule has 4 rings (SSSR count). The average Bonchev–Trinajstić information content (AvgIpc) is 3.08. The molecule has 0 aliphatic heterocycles. The zero-order chi connectivity index (χ0) is 23.1. The molecular formula is C28H48O4. The van der Waals surface area contributed by atoms with Crippen LogP contribution >= 0.6 is 0 Å². The molecule has 0 amide bonds. The van der Waals surface area contributed by atoms with Crippen molar-refractivity contribution in [3.63, 3.8) is 0 Å². The van der Waals surface area contributed by atoms with E-state index in [-0.39, 0.29) is 23.1 Å². The molecule has 0 bridgehead atoms. The van der Waals surface area contributed by atoms with E-state index < -0.39 is 0 Å². The first-order valence-electron chi connectivity index (χ1n) is 13.5.